The molecule has 1 rings (SSSR count). The Kier molecular flexibility index (Phi) is 6.43. The molecule has 0 aromatic rings. The fourth-order valence-corrected chi connectivity index (χ4v) is 1.86. The quantitative estimate of drug-likeness (QED) is 0.592. The normalized spacial score (nSPS) is 23.9. The summed E-state index contributed by atoms with van der Waals surface area (Å²) in [6.07, 6.45) is 0.0608. The molecule has 0 radical (unpaired) electrons. The van der Waals surface area contributed by atoms with Crippen molar-refractivity contribution in [3.05, 3.63) is 0 Å². The average Bonchev–Trinajstić information content (AvgIpc) is 2.75. The first-order valence-corrected chi connectivity index (χ1v) is 5.87. The number of rotatable bonds is 7. The van der Waals surface area contributed by atoms with Crippen LogP contribution in [0.4, 0.5) is 0 Å². The summed E-state index contributed by atoms with van der Waals surface area (Å²) in [5.41, 5.74) is 0. The monoisotopic (exact) mass is 246 g/mol. The molecule has 0 saturated carbocycles. The Bertz CT molecular complexity index is 230. The third-order valence-electron chi connectivity index (χ3n) is 2.85. The zero-order valence-electron chi connectivity index (χ0n) is 10.5. The van der Waals surface area contributed by atoms with E-state index < -0.39 is 6.10 Å². The van der Waals surface area contributed by atoms with Gasteiger partial charge in [-0.05, 0) is 6.42 Å². The third-order valence-corrected chi connectivity index (χ3v) is 2.85. The van der Waals surface area contributed by atoms with Crippen molar-refractivity contribution >= 4 is 5.91 Å². The highest BCUT2D eigenvalue weighted by Crippen LogP contribution is 2.09. The Morgan fingerprint density at radius 2 is 1.94 bits per heavy atom. The second-order valence-electron chi connectivity index (χ2n) is 4.16. The molecule has 0 aliphatic carbocycles. The van der Waals surface area contributed by atoms with Crippen molar-refractivity contribution in [2.75, 3.05) is 47.1 Å². The van der Waals surface area contributed by atoms with Crippen molar-refractivity contribution < 1.29 is 19.4 Å². The molecule has 1 aliphatic rings. The fraction of sp³-hybridized carbons (Fsp3) is 0.909. The molecule has 0 aromatic heterocycles. The number of ether oxygens (including phenoxy) is 2. The van der Waals surface area contributed by atoms with Crippen LogP contribution in [0.2, 0.25) is 0 Å². The predicted molar refractivity (Wildman–Crippen MR) is 62.7 cm³/mol. The van der Waals surface area contributed by atoms with E-state index in [0.29, 0.717) is 39.3 Å². The largest absolute Gasteiger partial charge is 0.392 e. The zero-order valence-corrected chi connectivity index (χ0v) is 10.5. The lowest BCUT2D eigenvalue weighted by Crippen LogP contribution is -2.46. The van der Waals surface area contributed by atoms with E-state index in [1.807, 2.05) is 0 Å². The maximum absolute atomic E-state index is 12.1. The van der Waals surface area contributed by atoms with Crippen LogP contribution in [0.1, 0.15) is 6.42 Å². The fourth-order valence-electron chi connectivity index (χ4n) is 1.86. The number of β-amino-alcohol motifs (C(OH)–C–C–N with tert-alkyl or cyclic N) is 1. The molecule has 1 aliphatic heterocycles. The Morgan fingerprint density at radius 3 is 2.35 bits per heavy atom. The van der Waals surface area contributed by atoms with Crippen LogP contribution in [-0.4, -0.2) is 75.1 Å². The van der Waals surface area contributed by atoms with Crippen LogP contribution in [-0.2, 0) is 14.3 Å². The summed E-state index contributed by atoms with van der Waals surface area (Å²) in [5.74, 6) is 0.00986. The number of nitrogens with zero attached hydrogens (tertiary/aromatic N) is 1. The third kappa shape index (κ3) is 4.59. The first-order valence-electron chi connectivity index (χ1n) is 5.87. The van der Waals surface area contributed by atoms with Gasteiger partial charge in [0.05, 0.1) is 25.4 Å². The molecule has 0 spiro atoms. The van der Waals surface area contributed by atoms with E-state index in [9.17, 15) is 9.90 Å². The minimum atomic E-state index is -0.421. The topological polar surface area (TPSA) is 71.0 Å². The first-order chi connectivity index (χ1) is 8.19. The number of carbonyl (C=O) groups is 1. The number of methoxy groups -OCH3 is 2. The lowest BCUT2D eigenvalue weighted by atomic mass is 10.2. The van der Waals surface area contributed by atoms with Crippen LogP contribution in [0.15, 0.2) is 0 Å². The van der Waals surface area contributed by atoms with Gasteiger partial charge in [-0.2, -0.15) is 0 Å². The smallest absolute Gasteiger partial charge is 0.239 e. The molecule has 2 unspecified atom stereocenters. The van der Waals surface area contributed by atoms with Crippen LogP contribution in [0.25, 0.3) is 0 Å². The summed E-state index contributed by atoms with van der Waals surface area (Å²) in [5, 5.41) is 12.4. The van der Waals surface area contributed by atoms with Crippen LogP contribution in [0, 0.1) is 0 Å². The van der Waals surface area contributed by atoms with Crippen molar-refractivity contribution in [2.24, 2.45) is 0 Å². The molecule has 1 heterocycles. The van der Waals surface area contributed by atoms with Crippen molar-refractivity contribution in [1.29, 1.82) is 0 Å². The van der Waals surface area contributed by atoms with Gasteiger partial charge in [-0.25, -0.2) is 0 Å². The summed E-state index contributed by atoms with van der Waals surface area (Å²) in [4.78, 5) is 13.9. The van der Waals surface area contributed by atoms with Crippen molar-refractivity contribution in [3.63, 3.8) is 0 Å². The van der Waals surface area contributed by atoms with Gasteiger partial charge < -0.3 is 24.8 Å². The predicted octanol–water partition coefficient (Wildman–Crippen LogP) is -1.17. The van der Waals surface area contributed by atoms with Gasteiger partial charge in [0.2, 0.25) is 5.91 Å². The zero-order chi connectivity index (χ0) is 12.7. The van der Waals surface area contributed by atoms with Gasteiger partial charge in [-0.15, -0.1) is 0 Å². The number of nitrogens with one attached hydrogen (secondary N) is 1. The van der Waals surface area contributed by atoms with Crippen LogP contribution in [0.5, 0.6) is 0 Å². The van der Waals surface area contributed by atoms with Gasteiger partial charge in [-0.1, -0.05) is 0 Å². The Labute approximate surface area is 102 Å². The molecule has 1 amide bonds. The average molecular weight is 246 g/mol. The molecule has 2 N–H and O–H groups in total. The molecule has 6 nitrogen and oxygen atoms in total. The molecule has 0 bridgehead atoms. The second kappa shape index (κ2) is 7.60. The van der Waals surface area contributed by atoms with E-state index in [1.54, 1.807) is 19.1 Å². The van der Waals surface area contributed by atoms with Crippen LogP contribution in [0.3, 0.4) is 0 Å². The van der Waals surface area contributed by atoms with Crippen LogP contribution >= 0.6 is 0 Å². The Hall–Kier alpha value is -0.690. The molecule has 6 heteroatoms. The molecule has 100 valence electrons. The minimum absolute atomic E-state index is 0.00986. The summed E-state index contributed by atoms with van der Waals surface area (Å²) in [7, 11) is 3.22. The van der Waals surface area contributed by atoms with Gasteiger partial charge >= 0.3 is 0 Å². The highest BCUT2D eigenvalue weighted by atomic mass is 16.5. The van der Waals surface area contributed by atoms with E-state index in [0.717, 1.165) is 0 Å². The van der Waals surface area contributed by atoms with E-state index in [-0.39, 0.29) is 11.9 Å². The Morgan fingerprint density at radius 1 is 1.35 bits per heavy atom. The number of hydrogen-bond donors (Lipinski definition) is 2. The van der Waals surface area contributed by atoms with Gasteiger partial charge in [-0.3, -0.25) is 4.79 Å². The molecular weight excluding hydrogens is 224 g/mol. The van der Waals surface area contributed by atoms with E-state index in [1.165, 1.54) is 0 Å². The molecule has 2 atom stereocenters. The van der Waals surface area contributed by atoms with Crippen molar-refractivity contribution in [1.82, 2.24) is 10.2 Å². The summed E-state index contributed by atoms with van der Waals surface area (Å²) in [6.45, 7) is 2.59. The van der Waals surface area contributed by atoms with E-state index in [2.05, 4.69) is 5.32 Å². The molecule has 0 aromatic carbocycles. The Balaban J connectivity index is 2.45. The molecule has 17 heavy (non-hydrogen) atoms. The SMILES string of the molecule is COCCN(CCOC)C(=O)C1CC(O)CN1. The molecule has 1 fully saturated rings. The highest BCUT2D eigenvalue weighted by molar-refractivity contribution is 5.82. The van der Waals surface area contributed by atoms with Crippen molar-refractivity contribution in [2.45, 2.75) is 18.6 Å². The minimum Gasteiger partial charge on any atom is -0.392 e. The standard InChI is InChI=1S/C11H22N2O4/c1-16-5-3-13(4-6-17-2)11(15)10-7-9(14)8-12-10/h9-10,12,14H,3-8H2,1-2H3. The number of hydrogen-bond acceptors (Lipinski definition) is 5. The number of aliphatic hydroxyl groups is 1. The van der Waals surface area contributed by atoms with Gasteiger partial charge in [0, 0.05) is 33.9 Å². The highest BCUT2D eigenvalue weighted by Gasteiger charge is 2.30. The number of carbonyl (C=O) groups excluding carboxylic acids is 1. The van der Waals surface area contributed by atoms with Gasteiger partial charge in [0.1, 0.15) is 0 Å². The second-order valence-corrected chi connectivity index (χ2v) is 4.16. The molecule has 1 saturated heterocycles. The van der Waals surface area contributed by atoms with Gasteiger partial charge in [0.15, 0.2) is 0 Å². The summed E-state index contributed by atoms with van der Waals surface area (Å²) in [6, 6.07) is -0.279. The van der Waals surface area contributed by atoms with E-state index in [4.69, 9.17) is 9.47 Å². The number of amides is 1. The number of aliphatic hydroxyl groups excluding tert-OH is 1. The summed E-state index contributed by atoms with van der Waals surface area (Å²) >= 11 is 0. The maximum atomic E-state index is 12.1. The van der Waals surface area contributed by atoms with Crippen LogP contribution < -0.4 is 5.32 Å². The maximum Gasteiger partial charge on any atom is 0.239 e. The van der Waals surface area contributed by atoms with Crippen molar-refractivity contribution in [3.8, 4) is 0 Å². The lowest BCUT2D eigenvalue weighted by Gasteiger charge is -2.25. The lowest BCUT2D eigenvalue weighted by molar-refractivity contribution is -0.134. The molecular formula is C11H22N2O4. The van der Waals surface area contributed by atoms with Gasteiger partial charge in [0.25, 0.3) is 0 Å². The first kappa shape index (κ1) is 14.4. The summed E-state index contributed by atoms with van der Waals surface area (Å²) < 4.78 is 9.96. The van der Waals surface area contributed by atoms with E-state index >= 15 is 0 Å².